The molecule has 2 N–H and O–H groups in total. The van der Waals surface area contributed by atoms with Crippen molar-refractivity contribution >= 4 is 11.0 Å². The zero-order chi connectivity index (χ0) is 24.4. The molecule has 0 spiro atoms. The quantitative estimate of drug-likeness (QED) is 0.269. The first-order valence-electron chi connectivity index (χ1n) is 12.7. The van der Waals surface area contributed by atoms with Gasteiger partial charge in [0.25, 0.3) is 0 Å². The summed E-state index contributed by atoms with van der Waals surface area (Å²) in [6, 6.07) is 30.1. The first kappa shape index (κ1) is 28.9. The highest BCUT2D eigenvalue weighted by Crippen LogP contribution is 2.27. The van der Waals surface area contributed by atoms with Gasteiger partial charge in [-0.1, -0.05) is 87.5 Å². The normalized spacial score (nSPS) is 17.7. The lowest BCUT2D eigenvalue weighted by Crippen LogP contribution is -3.27. The van der Waals surface area contributed by atoms with E-state index in [4.69, 9.17) is 4.42 Å². The summed E-state index contributed by atoms with van der Waals surface area (Å²) in [7, 11) is 0. The molecule has 196 valence electrons. The maximum absolute atomic E-state index is 12.3. The van der Waals surface area contributed by atoms with Crippen LogP contribution < -0.4 is 40.2 Å². The third kappa shape index (κ3) is 6.63. The highest BCUT2D eigenvalue weighted by molar-refractivity contribution is 5.81. The number of quaternary nitrogens is 2. The molecule has 3 aromatic carbocycles. The van der Waals surface area contributed by atoms with Gasteiger partial charge in [-0.25, -0.2) is 4.79 Å². The summed E-state index contributed by atoms with van der Waals surface area (Å²) in [6.07, 6.45) is 0. The van der Waals surface area contributed by atoms with Gasteiger partial charge in [-0.05, 0) is 23.1 Å². The number of hydrogen-bond donors (Lipinski definition) is 2. The summed E-state index contributed by atoms with van der Waals surface area (Å²) in [5, 5.41) is 1.07. The van der Waals surface area contributed by atoms with Crippen molar-refractivity contribution < 1.29 is 39.0 Å². The van der Waals surface area contributed by atoms with Crippen LogP contribution in [-0.2, 0) is 12.0 Å². The molecule has 0 unspecified atom stereocenters. The molecule has 0 atom stereocenters. The smallest absolute Gasteiger partial charge is 0.336 e. The Morgan fingerprint density at radius 1 is 0.784 bits per heavy atom. The van der Waals surface area contributed by atoms with Crippen LogP contribution >= 0.6 is 0 Å². The zero-order valence-electron chi connectivity index (χ0n) is 21.8. The van der Waals surface area contributed by atoms with E-state index >= 15 is 0 Å². The zero-order valence-corrected chi connectivity index (χ0v) is 23.3. The third-order valence-corrected chi connectivity index (χ3v) is 7.41. The minimum absolute atomic E-state index is 0. The Labute approximate surface area is 232 Å². The van der Waals surface area contributed by atoms with Gasteiger partial charge in [0.15, 0.2) is 0 Å². The van der Waals surface area contributed by atoms with E-state index in [1.807, 2.05) is 6.07 Å². The van der Waals surface area contributed by atoms with Crippen molar-refractivity contribution in [3.63, 3.8) is 0 Å². The maximum Gasteiger partial charge on any atom is 0.336 e. The number of rotatable bonds is 5. The monoisotopic (exact) mass is 538 g/mol. The number of hydrogen-bond acceptors (Lipinski definition) is 2. The molecule has 0 saturated carbocycles. The molecule has 1 aliphatic rings. The summed E-state index contributed by atoms with van der Waals surface area (Å²) in [6.45, 7) is 11.8. The summed E-state index contributed by atoms with van der Waals surface area (Å²) >= 11 is 0. The topological polar surface area (TPSA) is 39.1 Å². The van der Waals surface area contributed by atoms with Crippen molar-refractivity contribution in [1.82, 2.24) is 0 Å². The van der Waals surface area contributed by atoms with E-state index in [0.29, 0.717) is 11.6 Å². The molecule has 2 heterocycles. The van der Waals surface area contributed by atoms with Gasteiger partial charge in [0.1, 0.15) is 44.3 Å². The first-order valence-corrected chi connectivity index (χ1v) is 12.7. The third-order valence-electron chi connectivity index (χ3n) is 7.41. The molecule has 0 aliphatic carbocycles. The van der Waals surface area contributed by atoms with E-state index in [1.54, 1.807) is 11.0 Å². The van der Waals surface area contributed by atoms with Crippen molar-refractivity contribution in [3.8, 4) is 0 Å². The number of halogens is 2. The van der Waals surface area contributed by atoms with Crippen LogP contribution in [0.1, 0.15) is 49.1 Å². The highest BCUT2D eigenvalue weighted by atomic mass is 35.5. The van der Waals surface area contributed by atoms with E-state index in [9.17, 15) is 4.79 Å². The fraction of sp³-hybridized carbons (Fsp3) is 0.323. The summed E-state index contributed by atoms with van der Waals surface area (Å²) in [5.74, 6) is 0. The molecule has 0 radical (unpaired) electrons. The van der Waals surface area contributed by atoms with Crippen LogP contribution in [0.15, 0.2) is 94.1 Å². The van der Waals surface area contributed by atoms with Crippen LogP contribution in [0.25, 0.3) is 11.0 Å². The van der Waals surface area contributed by atoms with Gasteiger partial charge in [0, 0.05) is 28.1 Å². The van der Waals surface area contributed by atoms with Crippen molar-refractivity contribution in [2.75, 3.05) is 26.2 Å². The molecule has 1 fully saturated rings. The Bertz CT molecular complexity index is 1300. The summed E-state index contributed by atoms with van der Waals surface area (Å²) in [5.41, 5.74) is 5.59. The van der Waals surface area contributed by atoms with E-state index in [0.717, 1.165) is 43.7 Å². The Hall–Kier alpha value is -2.63. The molecule has 4 nitrogen and oxygen atoms in total. The van der Waals surface area contributed by atoms with Gasteiger partial charge < -0.3 is 39.0 Å². The lowest BCUT2D eigenvalue weighted by Gasteiger charge is -2.35. The predicted molar refractivity (Wildman–Crippen MR) is 141 cm³/mol. The number of benzene rings is 3. The Morgan fingerprint density at radius 2 is 1.35 bits per heavy atom. The van der Waals surface area contributed by atoms with Crippen LogP contribution in [-0.4, -0.2) is 26.2 Å². The fourth-order valence-electron chi connectivity index (χ4n) is 5.45. The summed E-state index contributed by atoms with van der Waals surface area (Å²) < 4.78 is 5.54. The minimum atomic E-state index is -0.257. The Kier molecular flexibility index (Phi) is 9.60. The lowest BCUT2D eigenvalue weighted by atomic mass is 9.86. The fourth-order valence-corrected chi connectivity index (χ4v) is 5.45. The number of piperazine rings is 1. The Balaban J connectivity index is 0.00000190. The van der Waals surface area contributed by atoms with Crippen LogP contribution in [0, 0.1) is 0 Å². The van der Waals surface area contributed by atoms with E-state index in [-0.39, 0.29) is 35.9 Å². The van der Waals surface area contributed by atoms with Crippen LogP contribution in [0.2, 0.25) is 0 Å². The van der Waals surface area contributed by atoms with Gasteiger partial charge in [-0.2, -0.15) is 0 Å². The number of fused-ring (bicyclic) bond motifs is 1. The highest BCUT2D eigenvalue weighted by Gasteiger charge is 2.32. The molecule has 0 amide bonds. The molecule has 1 aromatic heterocycles. The van der Waals surface area contributed by atoms with Crippen molar-refractivity contribution in [1.29, 1.82) is 0 Å². The number of nitrogens with one attached hydrogen (secondary N) is 2. The SMILES string of the molecule is CC(C)(C)c1ccc2oc(=O)cc(C[NH+]3CC[NH+](C(c4ccccc4)c4ccccc4)CC3)c2c1.[Cl-].[Cl-]. The lowest BCUT2D eigenvalue weighted by molar-refractivity contribution is -1.03. The molecule has 4 aromatic rings. The van der Waals surface area contributed by atoms with Gasteiger partial charge in [0.2, 0.25) is 0 Å². The maximum atomic E-state index is 12.3. The largest absolute Gasteiger partial charge is 1.00 e. The first-order chi connectivity index (χ1) is 16.9. The van der Waals surface area contributed by atoms with Crippen molar-refractivity contribution in [2.24, 2.45) is 0 Å². The molecule has 1 aliphatic heterocycles. The molecule has 0 bridgehead atoms. The molecule has 5 rings (SSSR count). The molecule has 37 heavy (non-hydrogen) atoms. The van der Waals surface area contributed by atoms with Crippen LogP contribution in [0.5, 0.6) is 0 Å². The van der Waals surface area contributed by atoms with E-state index in [2.05, 4.69) is 93.6 Å². The van der Waals surface area contributed by atoms with Gasteiger partial charge in [0.05, 0.1) is 0 Å². The average molecular weight is 540 g/mol. The van der Waals surface area contributed by atoms with Crippen LogP contribution in [0.3, 0.4) is 0 Å². The van der Waals surface area contributed by atoms with E-state index in [1.165, 1.54) is 21.6 Å². The molecular formula is C31H36Cl2N2O2. The second kappa shape index (κ2) is 12.3. The second-order valence-electron chi connectivity index (χ2n) is 10.9. The van der Waals surface area contributed by atoms with Gasteiger partial charge >= 0.3 is 5.63 Å². The molecule has 6 heteroatoms. The second-order valence-corrected chi connectivity index (χ2v) is 10.9. The average Bonchev–Trinajstić information content (AvgIpc) is 2.86. The predicted octanol–water partition coefficient (Wildman–Crippen LogP) is -2.83. The molecule has 1 saturated heterocycles. The standard InChI is InChI=1S/C31H34N2O2.2ClH/c1-31(2,3)26-14-15-28-27(21-26)25(20-29(34)35-28)22-32-16-18-33(19-17-32)30(23-10-6-4-7-11-23)24-12-8-5-9-13-24;;/h4-15,20-21,30H,16-19,22H2,1-3H3;2*1H. The van der Waals surface area contributed by atoms with Crippen molar-refractivity contribution in [2.45, 2.75) is 38.8 Å². The minimum Gasteiger partial charge on any atom is -1.00 e. The Morgan fingerprint density at radius 3 is 1.89 bits per heavy atom. The van der Waals surface area contributed by atoms with Gasteiger partial charge in [-0.3, -0.25) is 0 Å². The molecular weight excluding hydrogens is 503 g/mol. The summed E-state index contributed by atoms with van der Waals surface area (Å²) in [4.78, 5) is 15.4. The van der Waals surface area contributed by atoms with E-state index < -0.39 is 0 Å². The van der Waals surface area contributed by atoms with Crippen molar-refractivity contribution in [3.05, 3.63) is 118 Å². The van der Waals surface area contributed by atoms with Gasteiger partial charge in [-0.15, -0.1) is 0 Å². The van der Waals surface area contributed by atoms with Crippen LogP contribution in [0.4, 0.5) is 0 Å².